The van der Waals surface area contributed by atoms with Crippen LogP contribution in [-0.2, 0) is 11.2 Å². The van der Waals surface area contributed by atoms with Gasteiger partial charge in [0.25, 0.3) is 0 Å². The van der Waals surface area contributed by atoms with Crippen LogP contribution in [0.5, 0.6) is 5.75 Å². The van der Waals surface area contributed by atoms with E-state index in [0.29, 0.717) is 12.5 Å². The summed E-state index contributed by atoms with van der Waals surface area (Å²) in [5.41, 5.74) is 1.11. The van der Waals surface area contributed by atoms with Gasteiger partial charge in [-0.25, -0.2) is 0 Å². The number of rotatable bonds is 9. The number of amides is 1. The summed E-state index contributed by atoms with van der Waals surface area (Å²) in [6, 6.07) is 8.46. The molecule has 1 fully saturated rings. The molecular formula is C21H35N3O2. The minimum atomic E-state index is 0.266. The van der Waals surface area contributed by atoms with Gasteiger partial charge < -0.3 is 19.4 Å². The van der Waals surface area contributed by atoms with Gasteiger partial charge in [0.1, 0.15) is 5.75 Å². The lowest BCUT2D eigenvalue weighted by Crippen LogP contribution is -2.49. The monoisotopic (exact) mass is 361 g/mol. The predicted octanol–water partition coefficient (Wildman–Crippen LogP) is 2.50. The molecule has 0 aromatic heterocycles. The normalized spacial score (nSPS) is 17.8. The maximum atomic E-state index is 12.7. The summed E-state index contributed by atoms with van der Waals surface area (Å²) in [6.45, 7) is 3.96. The number of benzene rings is 1. The van der Waals surface area contributed by atoms with E-state index < -0.39 is 0 Å². The Balaban J connectivity index is 1.81. The first kappa shape index (κ1) is 20.7. The molecule has 146 valence electrons. The second-order valence-electron chi connectivity index (χ2n) is 7.59. The second kappa shape index (κ2) is 10.5. The van der Waals surface area contributed by atoms with Gasteiger partial charge in [-0.15, -0.1) is 0 Å². The van der Waals surface area contributed by atoms with Crippen LogP contribution < -0.4 is 4.74 Å². The van der Waals surface area contributed by atoms with Crippen molar-refractivity contribution in [3.8, 4) is 5.75 Å². The van der Waals surface area contributed by atoms with Crippen LogP contribution in [0, 0.1) is 0 Å². The molecular weight excluding hydrogens is 326 g/mol. The van der Waals surface area contributed by atoms with Crippen molar-refractivity contribution in [2.24, 2.45) is 0 Å². The molecule has 0 radical (unpaired) electrons. The molecule has 2 rings (SSSR count). The summed E-state index contributed by atoms with van der Waals surface area (Å²) in [6.07, 6.45) is 4.75. The molecule has 1 aliphatic heterocycles. The Kier molecular flexibility index (Phi) is 8.39. The summed E-state index contributed by atoms with van der Waals surface area (Å²) in [5.74, 6) is 1.14. The Hall–Kier alpha value is -1.59. The first-order chi connectivity index (χ1) is 12.5. The van der Waals surface area contributed by atoms with Crippen LogP contribution >= 0.6 is 0 Å². The molecule has 1 amide bonds. The Morgan fingerprint density at radius 2 is 2.00 bits per heavy atom. The number of piperidine rings is 1. The fourth-order valence-electron chi connectivity index (χ4n) is 3.67. The molecule has 0 aliphatic carbocycles. The highest BCUT2D eigenvalue weighted by Gasteiger charge is 2.25. The number of methoxy groups -OCH3 is 1. The van der Waals surface area contributed by atoms with E-state index in [1.165, 1.54) is 12.8 Å². The first-order valence-corrected chi connectivity index (χ1v) is 9.76. The van der Waals surface area contributed by atoms with Gasteiger partial charge in [0.15, 0.2) is 0 Å². The van der Waals surface area contributed by atoms with Gasteiger partial charge in [-0.1, -0.05) is 18.2 Å². The van der Waals surface area contributed by atoms with Crippen molar-refractivity contribution in [1.82, 2.24) is 14.7 Å². The van der Waals surface area contributed by atoms with Crippen molar-refractivity contribution >= 4 is 5.91 Å². The molecule has 1 saturated heterocycles. The number of ether oxygens (including phenoxy) is 1. The molecule has 26 heavy (non-hydrogen) atoms. The van der Waals surface area contributed by atoms with E-state index in [1.54, 1.807) is 7.11 Å². The molecule has 0 N–H and O–H groups in total. The quantitative estimate of drug-likeness (QED) is 0.677. The van der Waals surface area contributed by atoms with E-state index in [-0.39, 0.29) is 5.91 Å². The lowest BCUT2D eigenvalue weighted by atomic mass is 10.0. The zero-order valence-electron chi connectivity index (χ0n) is 16.9. The predicted molar refractivity (Wildman–Crippen MR) is 107 cm³/mol. The molecule has 5 heteroatoms. The number of nitrogens with zero attached hydrogens (tertiary/aromatic N) is 3. The van der Waals surface area contributed by atoms with Gasteiger partial charge >= 0.3 is 0 Å². The third-order valence-corrected chi connectivity index (χ3v) is 5.29. The van der Waals surface area contributed by atoms with Crippen LogP contribution in [0.25, 0.3) is 0 Å². The SMILES string of the molecule is COc1ccccc1CCC(=O)N1CCC[C@H](N(C)CCCN(C)C)C1. The topological polar surface area (TPSA) is 36.0 Å². The van der Waals surface area contributed by atoms with Crippen LogP contribution in [0.4, 0.5) is 0 Å². The number of hydrogen-bond acceptors (Lipinski definition) is 4. The van der Waals surface area contributed by atoms with E-state index in [0.717, 1.165) is 50.3 Å². The Bertz CT molecular complexity index is 562. The van der Waals surface area contributed by atoms with E-state index in [2.05, 4.69) is 35.8 Å². The lowest BCUT2D eigenvalue weighted by Gasteiger charge is -2.38. The number of likely N-dealkylation sites (N-methyl/N-ethyl adjacent to an activating group) is 1. The Morgan fingerprint density at radius 1 is 1.23 bits per heavy atom. The van der Waals surface area contributed by atoms with E-state index >= 15 is 0 Å². The highest BCUT2D eigenvalue weighted by Crippen LogP contribution is 2.21. The summed E-state index contributed by atoms with van der Waals surface area (Å²) in [4.78, 5) is 19.4. The Labute approximate surface area is 158 Å². The molecule has 0 bridgehead atoms. The summed E-state index contributed by atoms with van der Waals surface area (Å²) in [7, 11) is 8.11. The maximum absolute atomic E-state index is 12.7. The molecule has 0 spiro atoms. The Morgan fingerprint density at radius 3 is 2.73 bits per heavy atom. The zero-order chi connectivity index (χ0) is 18.9. The van der Waals surface area contributed by atoms with Crippen molar-refractivity contribution in [2.75, 3.05) is 54.4 Å². The van der Waals surface area contributed by atoms with Gasteiger partial charge in [-0.05, 0) is 71.5 Å². The summed E-state index contributed by atoms with van der Waals surface area (Å²) >= 11 is 0. The van der Waals surface area contributed by atoms with Crippen molar-refractivity contribution in [3.63, 3.8) is 0 Å². The fourth-order valence-corrected chi connectivity index (χ4v) is 3.67. The van der Waals surface area contributed by atoms with Gasteiger partial charge in [0.05, 0.1) is 7.11 Å². The van der Waals surface area contributed by atoms with Crippen molar-refractivity contribution in [2.45, 2.75) is 38.1 Å². The van der Waals surface area contributed by atoms with Crippen LogP contribution in [0.15, 0.2) is 24.3 Å². The maximum Gasteiger partial charge on any atom is 0.222 e. The van der Waals surface area contributed by atoms with Crippen LogP contribution in [-0.4, -0.2) is 81.1 Å². The van der Waals surface area contributed by atoms with Crippen LogP contribution in [0.3, 0.4) is 0 Å². The van der Waals surface area contributed by atoms with Crippen LogP contribution in [0.1, 0.15) is 31.2 Å². The third-order valence-electron chi connectivity index (χ3n) is 5.29. The van der Waals surface area contributed by atoms with Gasteiger partial charge in [0, 0.05) is 25.6 Å². The molecule has 1 aromatic carbocycles. The standard InChI is InChI=1S/C21H35N3O2/c1-22(2)14-8-15-23(3)19-10-7-16-24(17-19)21(25)13-12-18-9-5-6-11-20(18)26-4/h5-6,9,11,19H,7-8,10,12-17H2,1-4H3/t19-/m0/s1. The van der Waals surface area contributed by atoms with Gasteiger partial charge in [0.2, 0.25) is 5.91 Å². The highest BCUT2D eigenvalue weighted by molar-refractivity contribution is 5.76. The smallest absolute Gasteiger partial charge is 0.222 e. The van der Waals surface area contributed by atoms with E-state index in [4.69, 9.17) is 4.74 Å². The van der Waals surface area contributed by atoms with E-state index in [1.807, 2.05) is 24.3 Å². The molecule has 5 nitrogen and oxygen atoms in total. The number of para-hydroxylation sites is 1. The van der Waals surface area contributed by atoms with Crippen molar-refractivity contribution in [1.29, 1.82) is 0 Å². The number of likely N-dealkylation sites (tertiary alicyclic amines) is 1. The molecule has 1 heterocycles. The molecule has 0 saturated carbocycles. The lowest BCUT2D eigenvalue weighted by molar-refractivity contribution is -0.133. The molecule has 1 aromatic rings. The fraction of sp³-hybridized carbons (Fsp3) is 0.667. The largest absolute Gasteiger partial charge is 0.496 e. The van der Waals surface area contributed by atoms with Gasteiger partial charge in [-0.2, -0.15) is 0 Å². The number of hydrogen-bond donors (Lipinski definition) is 0. The molecule has 1 atom stereocenters. The van der Waals surface area contributed by atoms with Crippen molar-refractivity contribution < 1.29 is 9.53 Å². The van der Waals surface area contributed by atoms with Gasteiger partial charge in [-0.3, -0.25) is 4.79 Å². The number of aryl methyl sites for hydroxylation is 1. The van der Waals surface area contributed by atoms with Crippen LogP contribution in [0.2, 0.25) is 0 Å². The number of carbonyl (C=O) groups is 1. The molecule has 1 aliphatic rings. The van der Waals surface area contributed by atoms with E-state index in [9.17, 15) is 4.79 Å². The average Bonchev–Trinajstić information content (AvgIpc) is 2.66. The minimum absolute atomic E-state index is 0.266. The highest BCUT2D eigenvalue weighted by atomic mass is 16.5. The minimum Gasteiger partial charge on any atom is -0.496 e. The third kappa shape index (κ3) is 6.29. The van der Waals surface area contributed by atoms with Crippen molar-refractivity contribution in [3.05, 3.63) is 29.8 Å². The number of carbonyl (C=O) groups excluding carboxylic acids is 1. The summed E-state index contributed by atoms with van der Waals surface area (Å²) in [5, 5.41) is 0. The zero-order valence-corrected chi connectivity index (χ0v) is 16.9. The molecule has 0 unspecified atom stereocenters. The summed E-state index contributed by atoms with van der Waals surface area (Å²) < 4.78 is 5.39. The first-order valence-electron chi connectivity index (χ1n) is 9.76. The average molecular weight is 362 g/mol. The second-order valence-corrected chi connectivity index (χ2v) is 7.59.